The molecule has 0 fully saturated rings. The van der Waals surface area contributed by atoms with Crippen molar-refractivity contribution in [2.45, 2.75) is 17.4 Å². The van der Waals surface area contributed by atoms with Gasteiger partial charge in [-0.2, -0.15) is 14.0 Å². The molecule has 0 saturated heterocycles. The Kier molecular flexibility index (Phi) is 5.86. The minimum Gasteiger partial charge on any atom is -0.488 e. The van der Waals surface area contributed by atoms with Crippen LogP contribution in [0.15, 0.2) is 41.4 Å². The van der Waals surface area contributed by atoms with Crippen LogP contribution in [0.4, 0.5) is 18.9 Å². The molecule has 0 saturated carbocycles. The number of aryl methyl sites for hydroxylation is 1. The second-order valence-electron chi connectivity index (χ2n) is 6.40. The van der Waals surface area contributed by atoms with Gasteiger partial charge in [-0.15, -0.1) is 0 Å². The SMILES string of the molecule is Cn1cc2c(c1C(=O)Nc1ccc(F)c(C#N)c1)OC[C@@H](CC=C(F)F)NS2(=O)=O. The van der Waals surface area contributed by atoms with Crippen LogP contribution in [0.2, 0.25) is 0 Å². The molecule has 30 heavy (non-hydrogen) atoms. The van der Waals surface area contributed by atoms with E-state index < -0.39 is 33.9 Å². The van der Waals surface area contributed by atoms with Crippen LogP contribution < -0.4 is 14.8 Å². The summed E-state index contributed by atoms with van der Waals surface area (Å²) in [6, 6.07) is 4.06. The van der Waals surface area contributed by atoms with Crippen molar-refractivity contribution in [3.63, 3.8) is 0 Å². The van der Waals surface area contributed by atoms with E-state index in [4.69, 9.17) is 10.00 Å². The Morgan fingerprint density at radius 3 is 2.87 bits per heavy atom. The lowest BCUT2D eigenvalue weighted by Gasteiger charge is -2.13. The number of hydrogen-bond donors (Lipinski definition) is 2. The summed E-state index contributed by atoms with van der Waals surface area (Å²) in [6.45, 7) is -0.282. The van der Waals surface area contributed by atoms with Crippen molar-refractivity contribution in [1.29, 1.82) is 5.26 Å². The standard InChI is InChI=1S/C18H15F3N4O4S/c1-25-8-14-17(29-9-12(3-5-15(20)21)24-30(14,27)28)16(25)18(26)23-11-2-4-13(19)10(6-11)7-22/h2,4-6,8,12,24H,3,9H2,1H3,(H,23,26)/t12-/m1/s1. The highest BCUT2D eigenvalue weighted by molar-refractivity contribution is 7.89. The minimum atomic E-state index is -4.14. The van der Waals surface area contributed by atoms with Crippen LogP contribution in [0.1, 0.15) is 22.5 Å². The fourth-order valence-electron chi connectivity index (χ4n) is 2.90. The maximum absolute atomic E-state index is 13.5. The van der Waals surface area contributed by atoms with Gasteiger partial charge >= 0.3 is 0 Å². The van der Waals surface area contributed by atoms with E-state index in [0.717, 1.165) is 18.3 Å². The summed E-state index contributed by atoms with van der Waals surface area (Å²) in [5.74, 6) is -1.76. The van der Waals surface area contributed by atoms with E-state index in [1.165, 1.54) is 17.7 Å². The number of carbonyl (C=O) groups is 1. The quantitative estimate of drug-likeness (QED) is 0.759. The van der Waals surface area contributed by atoms with Crippen molar-refractivity contribution < 1.29 is 31.1 Å². The molecule has 0 spiro atoms. The topological polar surface area (TPSA) is 113 Å². The van der Waals surface area contributed by atoms with Crippen LogP contribution in [0, 0.1) is 17.1 Å². The molecule has 0 unspecified atom stereocenters. The van der Waals surface area contributed by atoms with Crippen molar-refractivity contribution in [3.05, 3.63) is 53.6 Å². The number of fused-ring (bicyclic) bond motifs is 1. The number of hydrogen-bond acceptors (Lipinski definition) is 5. The molecule has 1 atom stereocenters. The highest BCUT2D eigenvalue weighted by Gasteiger charge is 2.34. The fourth-order valence-corrected chi connectivity index (χ4v) is 4.32. The molecule has 1 aromatic carbocycles. The van der Waals surface area contributed by atoms with Gasteiger partial charge in [0.25, 0.3) is 12.0 Å². The molecule has 1 amide bonds. The number of anilines is 1. The number of rotatable bonds is 4. The summed E-state index contributed by atoms with van der Waals surface area (Å²) in [5.41, 5.74) is -0.312. The number of nitrogens with zero attached hydrogens (tertiary/aromatic N) is 2. The van der Waals surface area contributed by atoms with Crippen LogP contribution >= 0.6 is 0 Å². The van der Waals surface area contributed by atoms with Crippen LogP contribution in [-0.2, 0) is 17.1 Å². The van der Waals surface area contributed by atoms with Gasteiger partial charge in [0.15, 0.2) is 11.4 Å². The van der Waals surface area contributed by atoms with Crippen LogP contribution in [0.5, 0.6) is 5.75 Å². The van der Waals surface area contributed by atoms with Crippen molar-refractivity contribution >= 4 is 21.6 Å². The lowest BCUT2D eigenvalue weighted by atomic mass is 10.2. The smallest absolute Gasteiger partial charge is 0.276 e. The summed E-state index contributed by atoms with van der Waals surface area (Å²) in [7, 11) is -2.72. The summed E-state index contributed by atoms with van der Waals surface area (Å²) in [5, 5.41) is 11.4. The predicted molar refractivity (Wildman–Crippen MR) is 99.0 cm³/mol. The molecular formula is C18H15F3N4O4S. The molecule has 1 aliphatic rings. The van der Waals surface area contributed by atoms with Crippen molar-refractivity contribution in [2.24, 2.45) is 7.05 Å². The molecule has 1 aromatic heterocycles. The number of amides is 1. The van der Waals surface area contributed by atoms with E-state index in [0.29, 0.717) is 6.08 Å². The molecule has 2 N–H and O–H groups in total. The van der Waals surface area contributed by atoms with E-state index in [2.05, 4.69) is 10.0 Å². The molecule has 1 aliphatic heterocycles. The molecule has 0 aliphatic carbocycles. The van der Waals surface area contributed by atoms with Gasteiger partial charge in [-0.05, 0) is 30.7 Å². The summed E-state index contributed by atoms with van der Waals surface area (Å²) in [4.78, 5) is 12.4. The first kappa shape index (κ1) is 21.4. The van der Waals surface area contributed by atoms with E-state index in [1.807, 2.05) is 0 Å². The Morgan fingerprint density at radius 2 is 2.20 bits per heavy atom. The zero-order valence-electron chi connectivity index (χ0n) is 15.4. The summed E-state index contributed by atoms with van der Waals surface area (Å²) < 4.78 is 72.3. The third-order valence-corrected chi connectivity index (χ3v) is 5.77. The summed E-state index contributed by atoms with van der Waals surface area (Å²) in [6.07, 6.45) is -0.521. The number of nitrogens with one attached hydrogen (secondary N) is 2. The highest BCUT2D eigenvalue weighted by Crippen LogP contribution is 2.33. The number of benzene rings is 1. The van der Waals surface area contributed by atoms with E-state index in [1.54, 1.807) is 6.07 Å². The molecule has 12 heteroatoms. The number of carbonyl (C=O) groups excluding carboxylic acids is 1. The Bertz CT molecular complexity index is 1180. The number of halogens is 3. The Hall–Kier alpha value is -3.30. The van der Waals surface area contributed by atoms with Gasteiger partial charge in [0.1, 0.15) is 23.4 Å². The first-order chi connectivity index (χ1) is 14.1. The monoisotopic (exact) mass is 440 g/mol. The number of aromatic nitrogens is 1. The average Bonchev–Trinajstić information content (AvgIpc) is 2.96. The van der Waals surface area contributed by atoms with E-state index in [-0.39, 0.29) is 40.6 Å². The van der Waals surface area contributed by atoms with Crippen molar-refractivity contribution in [2.75, 3.05) is 11.9 Å². The van der Waals surface area contributed by atoms with E-state index in [9.17, 15) is 26.4 Å². The predicted octanol–water partition coefficient (Wildman–Crippen LogP) is 2.50. The second kappa shape index (κ2) is 8.21. The van der Waals surface area contributed by atoms with Gasteiger partial charge in [-0.1, -0.05) is 0 Å². The molecule has 0 bridgehead atoms. The Labute approximate surface area is 169 Å². The average molecular weight is 440 g/mol. The minimum absolute atomic E-state index is 0.115. The van der Waals surface area contributed by atoms with Gasteiger partial charge in [-0.3, -0.25) is 4.79 Å². The Balaban J connectivity index is 1.93. The lowest BCUT2D eigenvalue weighted by molar-refractivity contribution is 0.101. The normalized spacial score (nSPS) is 17.1. The molecule has 2 aromatic rings. The summed E-state index contributed by atoms with van der Waals surface area (Å²) >= 11 is 0. The van der Waals surface area contributed by atoms with Gasteiger partial charge in [-0.25, -0.2) is 17.5 Å². The van der Waals surface area contributed by atoms with E-state index >= 15 is 0 Å². The van der Waals surface area contributed by atoms with Gasteiger partial charge in [0.05, 0.1) is 11.6 Å². The third kappa shape index (κ3) is 4.32. The molecule has 0 radical (unpaired) electrons. The number of nitriles is 1. The van der Waals surface area contributed by atoms with Crippen LogP contribution in [0.3, 0.4) is 0 Å². The Morgan fingerprint density at radius 1 is 1.47 bits per heavy atom. The second-order valence-corrected chi connectivity index (χ2v) is 8.08. The van der Waals surface area contributed by atoms with Crippen LogP contribution in [0.25, 0.3) is 0 Å². The van der Waals surface area contributed by atoms with Crippen LogP contribution in [-0.4, -0.2) is 31.5 Å². The third-order valence-electron chi connectivity index (χ3n) is 4.26. The zero-order valence-corrected chi connectivity index (χ0v) is 16.3. The first-order valence-electron chi connectivity index (χ1n) is 8.49. The van der Waals surface area contributed by atoms with Gasteiger partial charge < -0.3 is 14.6 Å². The first-order valence-corrected chi connectivity index (χ1v) is 9.97. The molecule has 158 valence electrons. The fraction of sp³-hybridized carbons (Fsp3) is 0.222. The highest BCUT2D eigenvalue weighted by atomic mass is 32.2. The maximum atomic E-state index is 13.5. The molecule has 8 nitrogen and oxygen atoms in total. The lowest BCUT2D eigenvalue weighted by Crippen LogP contribution is -2.36. The van der Waals surface area contributed by atoms with Crippen molar-refractivity contribution in [3.8, 4) is 11.8 Å². The van der Waals surface area contributed by atoms with Crippen molar-refractivity contribution in [1.82, 2.24) is 9.29 Å². The zero-order chi connectivity index (χ0) is 22.1. The van der Waals surface area contributed by atoms with Gasteiger partial charge in [0, 0.05) is 18.9 Å². The molecular weight excluding hydrogens is 425 g/mol. The number of ether oxygens (including phenoxy) is 1. The largest absolute Gasteiger partial charge is 0.488 e. The number of sulfonamides is 1. The molecule has 3 rings (SSSR count). The van der Waals surface area contributed by atoms with Gasteiger partial charge in [0.2, 0.25) is 10.0 Å². The molecule has 2 heterocycles. The maximum Gasteiger partial charge on any atom is 0.276 e.